The summed E-state index contributed by atoms with van der Waals surface area (Å²) in [5.41, 5.74) is 3.04. The van der Waals surface area contributed by atoms with E-state index < -0.39 is 0 Å². The number of nitrogens with one attached hydrogen (secondary N) is 1. The Morgan fingerprint density at radius 1 is 1.16 bits per heavy atom. The minimum Gasteiger partial charge on any atom is -0.461 e. The van der Waals surface area contributed by atoms with Crippen molar-refractivity contribution in [3.63, 3.8) is 0 Å². The van der Waals surface area contributed by atoms with Gasteiger partial charge in [0.15, 0.2) is 5.76 Å². The first-order valence-corrected chi connectivity index (χ1v) is 6.34. The molecule has 2 aromatic heterocycles. The van der Waals surface area contributed by atoms with Crippen LogP contribution in [0.1, 0.15) is 22.8 Å². The molecule has 0 amide bonds. The Balaban J connectivity index is 1.73. The molecule has 1 aromatic carbocycles. The van der Waals surface area contributed by atoms with Gasteiger partial charge in [-0.25, -0.2) is 0 Å². The number of benzene rings is 1. The summed E-state index contributed by atoms with van der Waals surface area (Å²) in [7, 11) is 0. The van der Waals surface area contributed by atoms with Crippen LogP contribution in [-0.4, -0.2) is 5.16 Å². The molecule has 0 saturated carbocycles. The lowest BCUT2D eigenvalue weighted by Gasteiger charge is -2.01. The smallest absolute Gasteiger partial charge is 0.150 e. The molecule has 0 aliphatic rings. The quantitative estimate of drug-likeness (QED) is 0.778. The van der Waals surface area contributed by atoms with E-state index in [-0.39, 0.29) is 0 Å². The van der Waals surface area contributed by atoms with Gasteiger partial charge in [-0.05, 0) is 19.9 Å². The normalized spacial score (nSPS) is 11.3. The van der Waals surface area contributed by atoms with Crippen LogP contribution < -0.4 is 5.32 Å². The Morgan fingerprint density at radius 3 is 2.79 bits per heavy atom. The van der Waals surface area contributed by atoms with E-state index in [1.807, 2.05) is 38.1 Å². The summed E-state index contributed by atoms with van der Waals surface area (Å²) in [6.45, 7) is 5.33. The molecule has 2 heterocycles. The Hall–Kier alpha value is -2.07. The molecule has 19 heavy (non-hydrogen) atoms. The van der Waals surface area contributed by atoms with Crippen molar-refractivity contribution in [1.29, 1.82) is 0 Å². The Kier molecular flexibility index (Phi) is 3.09. The first kappa shape index (κ1) is 12.0. The molecule has 0 unspecified atom stereocenters. The third-order valence-electron chi connectivity index (χ3n) is 3.18. The Labute approximate surface area is 111 Å². The number of fused-ring (bicyclic) bond motifs is 1. The third kappa shape index (κ3) is 2.39. The van der Waals surface area contributed by atoms with Crippen LogP contribution in [0.3, 0.4) is 0 Å². The van der Waals surface area contributed by atoms with E-state index in [9.17, 15) is 0 Å². The van der Waals surface area contributed by atoms with E-state index in [1.54, 1.807) is 0 Å². The molecule has 4 heteroatoms. The topological polar surface area (TPSA) is 51.2 Å². The summed E-state index contributed by atoms with van der Waals surface area (Å²) in [4.78, 5) is 0. The minimum absolute atomic E-state index is 0.666. The van der Waals surface area contributed by atoms with Gasteiger partial charge in [0.05, 0.1) is 12.2 Å². The van der Waals surface area contributed by atoms with Crippen molar-refractivity contribution in [1.82, 2.24) is 10.5 Å². The van der Waals surface area contributed by atoms with Crippen LogP contribution in [0.5, 0.6) is 0 Å². The van der Waals surface area contributed by atoms with E-state index in [1.165, 1.54) is 10.9 Å². The predicted octanol–water partition coefficient (Wildman–Crippen LogP) is 3.33. The average molecular weight is 256 g/mol. The molecule has 0 fully saturated rings. The van der Waals surface area contributed by atoms with Crippen LogP contribution in [0.15, 0.2) is 39.3 Å². The van der Waals surface area contributed by atoms with Crippen molar-refractivity contribution in [2.24, 2.45) is 0 Å². The number of aryl methyl sites for hydroxylation is 2. The molecule has 0 bridgehead atoms. The van der Waals surface area contributed by atoms with Gasteiger partial charge in [-0.3, -0.25) is 0 Å². The van der Waals surface area contributed by atoms with E-state index >= 15 is 0 Å². The van der Waals surface area contributed by atoms with Crippen LogP contribution in [0.25, 0.3) is 11.0 Å². The van der Waals surface area contributed by atoms with E-state index in [0.717, 1.165) is 29.3 Å². The number of hydrogen-bond donors (Lipinski definition) is 1. The first-order valence-electron chi connectivity index (χ1n) is 6.34. The monoisotopic (exact) mass is 256 g/mol. The van der Waals surface area contributed by atoms with Crippen molar-refractivity contribution in [3.8, 4) is 0 Å². The molecular weight excluding hydrogens is 240 g/mol. The van der Waals surface area contributed by atoms with Crippen molar-refractivity contribution >= 4 is 11.0 Å². The van der Waals surface area contributed by atoms with Crippen molar-refractivity contribution in [3.05, 3.63) is 53.1 Å². The Bertz CT molecular complexity index is 697. The highest BCUT2D eigenvalue weighted by Gasteiger charge is 2.10. The second-order valence-electron chi connectivity index (χ2n) is 4.67. The molecular formula is C15H16N2O2. The van der Waals surface area contributed by atoms with Gasteiger partial charge in [0, 0.05) is 23.6 Å². The fourth-order valence-corrected chi connectivity index (χ4v) is 2.25. The number of para-hydroxylation sites is 1. The van der Waals surface area contributed by atoms with Crippen LogP contribution in [-0.2, 0) is 13.1 Å². The molecule has 3 aromatic rings. The van der Waals surface area contributed by atoms with Gasteiger partial charge in [-0.15, -0.1) is 0 Å². The standard InChI is InChI=1S/C15H16N2O2/c1-10-7-12(19-17-10)8-16-9-14-11(2)18-15-6-4-3-5-13(14)15/h3-7,16H,8-9H2,1-2H3. The van der Waals surface area contributed by atoms with Crippen LogP contribution in [0.2, 0.25) is 0 Å². The van der Waals surface area contributed by atoms with Gasteiger partial charge in [0.25, 0.3) is 0 Å². The number of nitrogens with zero attached hydrogens (tertiary/aromatic N) is 1. The van der Waals surface area contributed by atoms with Gasteiger partial charge in [-0.1, -0.05) is 23.4 Å². The van der Waals surface area contributed by atoms with Gasteiger partial charge >= 0.3 is 0 Å². The SMILES string of the molecule is Cc1cc(CNCc2c(C)oc3ccccc23)on1. The summed E-state index contributed by atoms with van der Waals surface area (Å²) >= 11 is 0. The van der Waals surface area contributed by atoms with Gasteiger partial charge in [-0.2, -0.15) is 0 Å². The zero-order chi connectivity index (χ0) is 13.2. The summed E-state index contributed by atoms with van der Waals surface area (Å²) in [5, 5.41) is 8.39. The predicted molar refractivity (Wildman–Crippen MR) is 72.7 cm³/mol. The second kappa shape index (κ2) is 4.90. The van der Waals surface area contributed by atoms with Crippen LogP contribution in [0, 0.1) is 13.8 Å². The lowest BCUT2D eigenvalue weighted by Crippen LogP contribution is -2.12. The van der Waals surface area contributed by atoms with Crippen molar-refractivity contribution < 1.29 is 8.94 Å². The highest BCUT2D eigenvalue weighted by atomic mass is 16.5. The molecule has 0 aliphatic carbocycles. The zero-order valence-electron chi connectivity index (χ0n) is 11.1. The molecule has 1 N–H and O–H groups in total. The van der Waals surface area contributed by atoms with Crippen molar-refractivity contribution in [2.75, 3.05) is 0 Å². The highest BCUT2D eigenvalue weighted by molar-refractivity contribution is 5.82. The third-order valence-corrected chi connectivity index (χ3v) is 3.18. The summed E-state index contributed by atoms with van der Waals surface area (Å²) in [6.07, 6.45) is 0. The van der Waals surface area contributed by atoms with Gasteiger partial charge < -0.3 is 14.3 Å². The van der Waals surface area contributed by atoms with E-state index in [0.29, 0.717) is 6.54 Å². The minimum atomic E-state index is 0.666. The average Bonchev–Trinajstić information content (AvgIpc) is 2.94. The van der Waals surface area contributed by atoms with Crippen LogP contribution in [0.4, 0.5) is 0 Å². The molecule has 0 spiro atoms. The maximum Gasteiger partial charge on any atom is 0.150 e. The fourth-order valence-electron chi connectivity index (χ4n) is 2.25. The summed E-state index contributed by atoms with van der Waals surface area (Å²) in [5.74, 6) is 1.81. The molecule has 0 atom stereocenters. The number of rotatable bonds is 4. The van der Waals surface area contributed by atoms with Gasteiger partial charge in [0.1, 0.15) is 11.3 Å². The number of aromatic nitrogens is 1. The molecule has 98 valence electrons. The first-order chi connectivity index (χ1) is 9.24. The highest BCUT2D eigenvalue weighted by Crippen LogP contribution is 2.24. The van der Waals surface area contributed by atoms with E-state index in [2.05, 4.69) is 16.5 Å². The lowest BCUT2D eigenvalue weighted by atomic mass is 10.1. The summed E-state index contributed by atoms with van der Waals surface area (Å²) in [6, 6.07) is 10.0. The number of furan rings is 1. The molecule has 0 radical (unpaired) electrons. The largest absolute Gasteiger partial charge is 0.461 e. The number of hydrogen-bond acceptors (Lipinski definition) is 4. The summed E-state index contributed by atoms with van der Waals surface area (Å²) < 4.78 is 10.9. The lowest BCUT2D eigenvalue weighted by molar-refractivity contribution is 0.369. The van der Waals surface area contributed by atoms with E-state index in [4.69, 9.17) is 8.94 Å². The van der Waals surface area contributed by atoms with Crippen molar-refractivity contribution in [2.45, 2.75) is 26.9 Å². The zero-order valence-corrected chi connectivity index (χ0v) is 11.1. The maximum absolute atomic E-state index is 5.73. The fraction of sp³-hybridized carbons (Fsp3) is 0.267. The molecule has 0 aliphatic heterocycles. The molecule has 0 saturated heterocycles. The van der Waals surface area contributed by atoms with Gasteiger partial charge in [0.2, 0.25) is 0 Å². The van der Waals surface area contributed by atoms with Crippen LogP contribution >= 0.6 is 0 Å². The Morgan fingerprint density at radius 2 is 2.00 bits per heavy atom. The second-order valence-corrected chi connectivity index (χ2v) is 4.67. The maximum atomic E-state index is 5.73. The molecule has 4 nitrogen and oxygen atoms in total. The molecule has 3 rings (SSSR count).